The lowest BCUT2D eigenvalue weighted by Gasteiger charge is -2.19. The van der Waals surface area contributed by atoms with Gasteiger partial charge < -0.3 is 9.32 Å². The largest absolute Gasteiger partial charge is 0.464 e. The van der Waals surface area contributed by atoms with E-state index in [-0.39, 0.29) is 0 Å². The molecule has 0 saturated heterocycles. The first-order valence-electron chi connectivity index (χ1n) is 5.80. The third-order valence-corrected chi connectivity index (χ3v) is 2.29. The minimum atomic E-state index is 0.512. The fraction of sp³-hybridized carbons (Fsp3) is 0.583. The summed E-state index contributed by atoms with van der Waals surface area (Å²) in [4.78, 5) is 6.34. The lowest BCUT2D eigenvalue weighted by molar-refractivity contribution is 0.390. The van der Waals surface area contributed by atoms with Gasteiger partial charge in [-0.05, 0) is 25.0 Å². The van der Waals surface area contributed by atoms with Crippen molar-refractivity contribution < 1.29 is 4.42 Å². The minimum Gasteiger partial charge on any atom is -0.464 e. The Bertz CT molecular complexity index is 370. The first kappa shape index (κ1) is 13.6. The van der Waals surface area contributed by atoms with Gasteiger partial charge in [-0.3, -0.25) is 10.4 Å². The van der Waals surface area contributed by atoms with Crippen LogP contribution >= 0.6 is 0 Å². The summed E-state index contributed by atoms with van der Waals surface area (Å²) in [6.07, 6.45) is 0. The number of nitrogens with zero attached hydrogens (tertiary/aromatic N) is 2. The average Bonchev–Trinajstić information content (AvgIpc) is 2.64. The molecular formula is C12H22N4O. The summed E-state index contributed by atoms with van der Waals surface area (Å²) in [6, 6.07) is 3.91. The summed E-state index contributed by atoms with van der Waals surface area (Å²) in [6.45, 7) is 7.57. The highest BCUT2D eigenvalue weighted by atomic mass is 16.3. The molecule has 0 atom stereocenters. The van der Waals surface area contributed by atoms with Gasteiger partial charge in [-0.15, -0.1) is 0 Å². The topological polar surface area (TPSA) is 66.8 Å². The molecule has 0 aliphatic heterocycles. The summed E-state index contributed by atoms with van der Waals surface area (Å²) in [5.41, 5.74) is 2.62. The van der Waals surface area contributed by atoms with E-state index in [4.69, 9.17) is 10.3 Å². The molecule has 0 unspecified atom stereocenters. The van der Waals surface area contributed by atoms with Crippen LogP contribution in [-0.4, -0.2) is 24.5 Å². The number of rotatable bonds is 4. The standard InChI is InChI=1S/C12H22N4O/c1-9(2)7-14-12(15-13)16(4)8-11-6-5-10(3)17-11/h5-6,9H,7-8,13H2,1-4H3,(H,14,15). The molecule has 1 rings (SSSR count). The van der Waals surface area contributed by atoms with E-state index in [1.165, 1.54) is 0 Å². The fourth-order valence-electron chi connectivity index (χ4n) is 1.42. The van der Waals surface area contributed by atoms with Crippen molar-refractivity contribution in [2.75, 3.05) is 13.6 Å². The van der Waals surface area contributed by atoms with Crippen molar-refractivity contribution in [2.24, 2.45) is 16.8 Å². The number of aliphatic imine (C=N–C) groups is 1. The smallest absolute Gasteiger partial charge is 0.208 e. The molecule has 96 valence electrons. The Hall–Kier alpha value is -1.49. The first-order valence-corrected chi connectivity index (χ1v) is 5.80. The predicted molar refractivity (Wildman–Crippen MR) is 69.4 cm³/mol. The summed E-state index contributed by atoms with van der Waals surface area (Å²) < 4.78 is 5.51. The summed E-state index contributed by atoms with van der Waals surface area (Å²) >= 11 is 0. The number of aryl methyl sites for hydroxylation is 1. The van der Waals surface area contributed by atoms with Crippen molar-refractivity contribution in [3.63, 3.8) is 0 Å². The monoisotopic (exact) mass is 238 g/mol. The number of nitrogens with two attached hydrogens (primary N) is 1. The van der Waals surface area contributed by atoms with Crippen LogP contribution < -0.4 is 11.3 Å². The minimum absolute atomic E-state index is 0.512. The third kappa shape index (κ3) is 4.48. The summed E-state index contributed by atoms with van der Waals surface area (Å²) in [7, 11) is 1.93. The molecule has 0 radical (unpaired) electrons. The number of hydrogen-bond acceptors (Lipinski definition) is 3. The highest BCUT2D eigenvalue weighted by molar-refractivity contribution is 5.79. The number of hydrogen-bond donors (Lipinski definition) is 2. The van der Waals surface area contributed by atoms with Gasteiger partial charge in [0.05, 0.1) is 6.54 Å². The lowest BCUT2D eigenvalue weighted by Crippen LogP contribution is -2.42. The Morgan fingerprint density at radius 1 is 1.53 bits per heavy atom. The van der Waals surface area contributed by atoms with Crippen molar-refractivity contribution in [1.82, 2.24) is 10.3 Å². The Morgan fingerprint density at radius 2 is 2.24 bits per heavy atom. The highest BCUT2D eigenvalue weighted by Gasteiger charge is 2.08. The second kappa shape index (κ2) is 6.30. The average molecular weight is 238 g/mol. The fourth-order valence-corrected chi connectivity index (χ4v) is 1.42. The van der Waals surface area contributed by atoms with Crippen molar-refractivity contribution >= 4 is 5.96 Å². The van der Waals surface area contributed by atoms with Gasteiger partial charge in [-0.2, -0.15) is 0 Å². The van der Waals surface area contributed by atoms with Crippen LogP contribution in [0.2, 0.25) is 0 Å². The van der Waals surface area contributed by atoms with Crippen molar-refractivity contribution in [3.05, 3.63) is 23.7 Å². The van der Waals surface area contributed by atoms with E-state index in [0.717, 1.165) is 18.1 Å². The molecule has 5 nitrogen and oxygen atoms in total. The molecule has 3 N–H and O–H groups in total. The molecule has 5 heteroatoms. The molecule has 0 amide bonds. The van der Waals surface area contributed by atoms with Crippen LogP contribution in [0.15, 0.2) is 21.5 Å². The predicted octanol–water partition coefficient (Wildman–Crippen LogP) is 1.50. The van der Waals surface area contributed by atoms with Gasteiger partial charge in [0, 0.05) is 13.6 Å². The van der Waals surface area contributed by atoms with Gasteiger partial charge in [-0.25, -0.2) is 5.84 Å². The van der Waals surface area contributed by atoms with Gasteiger partial charge >= 0.3 is 0 Å². The van der Waals surface area contributed by atoms with E-state index in [1.54, 1.807) is 0 Å². The highest BCUT2D eigenvalue weighted by Crippen LogP contribution is 2.08. The summed E-state index contributed by atoms with van der Waals surface area (Å²) in [5, 5.41) is 0. The van der Waals surface area contributed by atoms with E-state index in [0.29, 0.717) is 18.4 Å². The maximum atomic E-state index is 5.51. The molecule has 1 aromatic rings. The van der Waals surface area contributed by atoms with E-state index in [1.807, 2.05) is 31.0 Å². The molecular weight excluding hydrogens is 216 g/mol. The molecule has 0 aromatic carbocycles. The Balaban J connectivity index is 2.60. The van der Waals surface area contributed by atoms with Crippen LogP contribution in [0.4, 0.5) is 0 Å². The van der Waals surface area contributed by atoms with Crippen LogP contribution in [0.25, 0.3) is 0 Å². The van der Waals surface area contributed by atoms with Gasteiger partial charge in [0.15, 0.2) is 0 Å². The lowest BCUT2D eigenvalue weighted by atomic mass is 10.2. The van der Waals surface area contributed by atoms with E-state index in [2.05, 4.69) is 24.3 Å². The van der Waals surface area contributed by atoms with Crippen LogP contribution in [0.5, 0.6) is 0 Å². The Morgan fingerprint density at radius 3 is 2.71 bits per heavy atom. The third-order valence-electron chi connectivity index (χ3n) is 2.29. The van der Waals surface area contributed by atoms with Crippen LogP contribution in [-0.2, 0) is 6.54 Å². The Labute approximate surface area is 103 Å². The van der Waals surface area contributed by atoms with Crippen LogP contribution in [0, 0.1) is 12.8 Å². The quantitative estimate of drug-likeness (QED) is 0.361. The second-order valence-electron chi connectivity index (χ2n) is 4.57. The van der Waals surface area contributed by atoms with Crippen molar-refractivity contribution in [3.8, 4) is 0 Å². The number of furan rings is 1. The molecule has 0 bridgehead atoms. The molecule has 0 fully saturated rings. The van der Waals surface area contributed by atoms with Gasteiger partial charge in [0.25, 0.3) is 0 Å². The van der Waals surface area contributed by atoms with E-state index >= 15 is 0 Å². The zero-order chi connectivity index (χ0) is 12.8. The van der Waals surface area contributed by atoms with Gasteiger partial charge in [0.1, 0.15) is 11.5 Å². The van der Waals surface area contributed by atoms with E-state index in [9.17, 15) is 0 Å². The van der Waals surface area contributed by atoms with Crippen LogP contribution in [0.1, 0.15) is 25.4 Å². The van der Waals surface area contributed by atoms with Gasteiger partial charge in [-0.1, -0.05) is 13.8 Å². The van der Waals surface area contributed by atoms with E-state index < -0.39 is 0 Å². The molecule has 1 heterocycles. The molecule has 0 spiro atoms. The zero-order valence-corrected chi connectivity index (χ0v) is 11.0. The maximum absolute atomic E-state index is 5.51. The van der Waals surface area contributed by atoms with Crippen molar-refractivity contribution in [2.45, 2.75) is 27.3 Å². The van der Waals surface area contributed by atoms with Crippen molar-refractivity contribution in [1.29, 1.82) is 0 Å². The number of nitrogens with one attached hydrogen (secondary N) is 1. The molecule has 0 aliphatic rings. The first-order chi connectivity index (χ1) is 8.02. The van der Waals surface area contributed by atoms with Crippen LogP contribution in [0.3, 0.4) is 0 Å². The SMILES string of the molecule is Cc1ccc(CN(C)C(=NCC(C)C)NN)o1. The van der Waals surface area contributed by atoms with Gasteiger partial charge in [0.2, 0.25) is 5.96 Å². The molecule has 1 aromatic heterocycles. The maximum Gasteiger partial charge on any atom is 0.208 e. The zero-order valence-electron chi connectivity index (χ0n) is 11.0. The number of guanidine groups is 1. The Kier molecular flexibility index (Phi) is 5.03. The number of hydrazine groups is 1. The second-order valence-corrected chi connectivity index (χ2v) is 4.57. The normalized spacial score (nSPS) is 12.0. The molecule has 17 heavy (non-hydrogen) atoms. The summed E-state index contributed by atoms with van der Waals surface area (Å²) in [5.74, 6) is 8.46. The molecule has 0 aliphatic carbocycles. The molecule has 0 saturated carbocycles.